The summed E-state index contributed by atoms with van der Waals surface area (Å²) >= 11 is 5.97. The van der Waals surface area contributed by atoms with Crippen LogP contribution in [-0.2, 0) is 9.59 Å². The lowest BCUT2D eigenvalue weighted by molar-refractivity contribution is -0.154. The normalized spacial score (nSPS) is 22.7. The van der Waals surface area contributed by atoms with E-state index in [4.69, 9.17) is 20.8 Å². The van der Waals surface area contributed by atoms with E-state index in [-0.39, 0.29) is 34.5 Å². The van der Waals surface area contributed by atoms with Crippen molar-refractivity contribution in [2.45, 2.75) is 6.42 Å². The second kappa shape index (κ2) is 9.67. The molecule has 196 valence electrons. The molecule has 2 fully saturated rings. The highest BCUT2D eigenvalue weighted by Crippen LogP contribution is 2.52. The van der Waals surface area contributed by atoms with Crippen LogP contribution in [0.25, 0.3) is 0 Å². The maximum atomic E-state index is 13.6. The van der Waals surface area contributed by atoms with Gasteiger partial charge in [-0.1, -0.05) is 23.8 Å². The van der Waals surface area contributed by atoms with Gasteiger partial charge in [0.2, 0.25) is 5.76 Å². The number of furan rings is 1. The van der Waals surface area contributed by atoms with Gasteiger partial charge in [0.15, 0.2) is 5.78 Å². The number of allylic oxidation sites excluding steroid dienone is 2. The van der Waals surface area contributed by atoms with E-state index < -0.39 is 47.9 Å². The number of ether oxygens (including phenoxy) is 1. The van der Waals surface area contributed by atoms with Crippen LogP contribution < -0.4 is 4.74 Å². The fraction of sp³-hybridized carbons (Fsp3) is 0.207. The highest BCUT2D eigenvalue weighted by atomic mass is 35.5. The lowest BCUT2D eigenvalue weighted by Crippen LogP contribution is -2.52. The van der Waals surface area contributed by atoms with Gasteiger partial charge in [0.25, 0.3) is 17.7 Å². The number of amides is 3. The lowest BCUT2D eigenvalue weighted by atomic mass is 9.85. The number of carbonyl (C=O) groups excluding carboxylic acids is 5. The quantitative estimate of drug-likeness (QED) is 0.144. The summed E-state index contributed by atoms with van der Waals surface area (Å²) in [5.41, 5.74) is 0.369. The summed E-state index contributed by atoms with van der Waals surface area (Å²) in [4.78, 5) is 66.0. The number of rotatable bonds is 7. The molecule has 0 spiro atoms. The molecule has 1 aromatic heterocycles. The maximum absolute atomic E-state index is 13.6. The van der Waals surface area contributed by atoms with Crippen molar-refractivity contribution in [3.63, 3.8) is 0 Å². The summed E-state index contributed by atoms with van der Waals surface area (Å²) in [6.07, 6.45) is 6.00. The summed E-state index contributed by atoms with van der Waals surface area (Å²) in [5, 5.41) is 2.20. The number of imide groups is 1. The van der Waals surface area contributed by atoms with E-state index in [1.54, 1.807) is 6.07 Å². The van der Waals surface area contributed by atoms with Crippen molar-refractivity contribution in [2.24, 2.45) is 23.7 Å². The highest BCUT2D eigenvalue weighted by Gasteiger charge is 2.61. The predicted molar refractivity (Wildman–Crippen MR) is 136 cm³/mol. The van der Waals surface area contributed by atoms with E-state index in [0.717, 1.165) is 16.4 Å². The van der Waals surface area contributed by atoms with Crippen molar-refractivity contribution in [3.8, 4) is 5.75 Å². The number of fused-ring (bicyclic) bond motifs is 5. The molecular formula is C29H21ClN2O7. The van der Waals surface area contributed by atoms with Gasteiger partial charge in [-0.25, -0.2) is 9.80 Å². The molecule has 0 unspecified atom stereocenters. The van der Waals surface area contributed by atoms with Crippen molar-refractivity contribution in [1.82, 2.24) is 10.0 Å². The first kappa shape index (κ1) is 24.8. The molecule has 3 aromatic rings. The van der Waals surface area contributed by atoms with Gasteiger partial charge in [-0.3, -0.25) is 19.2 Å². The molecule has 10 heteroatoms. The van der Waals surface area contributed by atoms with Gasteiger partial charge in [0, 0.05) is 16.1 Å². The largest absolute Gasteiger partial charge is 0.457 e. The molecule has 2 bridgehead atoms. The minimum Gasteiger partial charge on any atom is -0.457 e. The molecule has 39 heavy (non-hydrogen) atoms. The van der Waals surface area contributed by atoms with Crippen LogP contribution in [0.2, 0.25) is 5.02 Å². The van der Waals surface area contributed by atoms with Crippen LogP contribution in [0.4, 0.5) is 0 Å². The third kappa shape index (κ3) is 4.34. The van der Waals surface area contributed by atoms with Crippen LogP contribution in [0.1, 0.15) is 37.7 Å². The van der Waals surface area contributed by atoms with E-state index in [1.165, 1.54) is 60.9 Å². The van der Waals surface area contributed by atoms with Crippen molar-refractivity contribution in [2.75, 3.05) is 6.54 Å². The molecule has 2 aromatic carbocycles. The fourth-order valence-electron chi connectivity index (χ4n) is 5.59. The van der Waals surface area contributed by atoms with Gasteiger partial charge in [-0.2, -0.15) is 5.01 Å². The molecule has 6 rings (SSSR count). The number of hydrogen-bond donors (Lipinski definition) is 0. The van der Waals surface area contributed by atoms with Gasteiger partial charge < -0.3 is 9.15 Å². The van der Waals surface area contributed by atoms with E-state index in [0.29, 0.717) is 5.02 Å². The zero-order chi connectivity index (χ0) is 27.3. The van der Waals surface area contributed by atoms with E-state index >= 15 is 0 Å². The number of halogens is 1. The monoisotopic (exact) mass is 544 g/mol. The molecule has 3 aliphatic rings. The molecule has 9 nitrogen and oxygen atoms in total. The minimum absolute atomic E-state index is 0.0276. The molecule has 3 amide bonds. The molecular weight excluding hydrogens is 524 g/mol. The molecule has 0 radical (unpaired) electrons. The van der Waals surface area contributed by atoms with Crippen LogP contribution >= 0.6 is 11.6 Å². The van der Waals surface area contributed by atoms with Crippen LogP contribution in [0.15, 0.2) is 83.5 Å². The molecule has 0 N–H and O–H groups in total. The highest BCUT2D eigenvalue weighted by molar-refractivity contribution is 6.30. The Morgan fingerprint density at radius 3 is 2.10 bits per heavy atom. The Morgan fingerprint density at radius 2 is 1.51 bits per heavy atom. The fourth-order valence-corrected chi connectivity index (χ4v) is 5.71. The predicted octanol–water partition coefficient (Wildman–Crippen LogP) is 4.20. The molecule has 4 atom stereocenters. The number of nitrogens with zero attached hydrogens (tertiary/aromatic N) is 2. The number of carbonyl (C=O) groups is 5. The Hall–Kier alpha value is -4.50. The number of hydrazine groups is 1. The van der Waals surface area contributed by atoms with E-state index in [1.807, 2.05) is 12.2 Å². The Kier molecular flexibility index (Phi) is 6.15. The van der Waals surface area contributed by atoms with Crippen LogP contribution in [0.5, 0.6) is 5.75 Å². The van der Waals surface area contributed by atoms with Gasteiger partial charge >= 0.3 is 5.97 Å². The topological polar surface area (TPSA) is 114 Å². The van der Waals surface area contributed by atoms with Crippen molar-refractivity contribution >= 4 is 41.1 Å². The molecule has 1 saturated carbocycles. The Balaban J connectivity index is 1.25. The number of benzene rings is 2. The standard InChI is InChI=1S/C29H21ClN2O7/c30-20-9-5-17(6-10-20)26(34)31(32-27(35)24-18-3-4-19(14-18)25(24)28(32)36)15-22(33)16-7-11-21(12-8-16)39-29(37)23-2-1-13-38-23/h1-13,18-19,24-25H,14-15H2/t18-,19-,24-,25+/m0/s1. The second-order valence-corrected chi connectivity index (χ2v) is 10.1. The third-order valence-corrected chi connectivity index (χ3v) is 7.67. The van der Waals surface area contributed by atoms with Crippen LogP contribution in [0.3, 0.4) is 0 Å². The number of ketones is 1. The summed E-state index contributed by atoms with van der Waals surface area (Å²) in [7, 11) is 0. The Bertz CT molecular complexity index is 1480. The van der Waals surface area contributed by atoms with E-state index in [9.17, 15) is 24.0 Å². The third-order valence-electron chi connectivity index (χ3n) is 7.42. The number of Topliss-reactive ketones (excluding diaryl/α,β-unsaturated/α-hetero) is 1. The summed E-state index contributed by atoms with van der Waals surface area (Å²) in [6, 6.07) is 14.7. The molecule has 2 aliphatic carbocycles. The zero-order valence-corrected chi connectivity index (χ0v) is 21.1. The average molecular weight is 545 g/mol. The van der Waals surface area contributed by atoms with Crippen molar-refractivity contribution in [1.29, 1.82) is 0 Å². The average Bonchev–Trinajstić information content (AvgIpc) is 3.74. The first-order valence-electron chi connectivity index (χ1n) is 12.3. The van der Waals surface area contributed by atoms with Crippen molar-refractivity contribution < 1.29 is 33.1 Å². The summed E-state index contributed by atoms with van der Waals surface area (Å²) in [5.74, 6) is -3.80. The SMILES string of the molecule is O=C(CN(C(=O)c1ccc(Cl)cc1)N1C(=O)[C@@H]2[C@H](C1=O)[C@H]1C=C[C@H]2C1)c1ccc(OC(=O)c2ccco2)cc1. The first-order chi connectivity index (χ1) is 18.8. The Labute approximate surface area is 227 Å². The first-order valence-corrected chi connectivity index (χ1v) is 12.7. The molecule has 1 aliphatic heterocycles. The van der Waals surface area contributed by atoms with Crippen LogP contribution in [-0.4, -0.2) is 46.0 Å². The van der Waals surface area contributed by atoms with Gasteiger partial charge in [0.1, 0.15) is 12.3 Å². The van der Waals surface area contributed by atoms with Gasteiger partial charge in [0.05, 0.1) is 18.1 Å². The van der Waals surface area contributed by atoms with Gasteiger partial charge in [-0.05, 0) is 78.9 Å². The van der Waals surface area contributed by atoms with E-state index in [2.05, 4.69) is 0 Å². The second-order valence-electron chi connectivity index (χ2n) is 9.67. The van der Waals surface area contributed by atoms with Crippen LogP contribution in [0, 0.1) is 23.7 Å². The smallest absolute Gasteiger partial charge is 0.379 e. The molecule has 2 heterocycles. The Morgan fingerprint density at radius 1 is 0.897 bits per heavy atom. The summed E-state index contributed by atoms with van der Waals surface area (Å²) < 4.78 is 10.2. The minimum atomic E-state index is -0.695. The lowest BCUT2D eigenvalue weighted by Gasteiger charge is -2.30. The molecule has 1 saturated heterocycles. The van der Waals surface area contributed by atoms with Gasteiger partial charge in [-0.15, -0.1) is 0 Å². The summed E-state index contributed by atoms with van der Waals surface area (Å²) in [6.45, 7) is -0.549. The van der Waals surface area contributed by atoms with Crippen molar-refractivity contribution in [3.05, 3.63) is 101 Å². The maximum Gasteiger partial charge on any atom is 0.379 e. The number of hydrogen-bond acceptors (Lipinski definition) is 7. The number of esters is 1. The zero-order valence-electron chi connectivity index (χ0n) is 20.4.